The Morgan fingerprint density at radius 3 is 2.84 bits per heavy atom. The number of methoxy groups -OCH3 is 1. The van der Waals surface area contributed by atoms with Gasteiger partial charge >= 0.3 is 5.97 Å². The molecule has 1 heterocycles. The Morgan fingerprint density at radius 2 is 2.21 bits per heavy atom. The average molecular weight is 265 g/mol. The van der Waals surface area contributed by atoms with Crippen molar-refractivity contribution in [1.82, 2.24) is 9.97 Å². The second kappa shape index (κ2) is 7.48. The quantitative estimate of drug-likeness (QED) is 0.458. The summed E-state index contributed by atoms with van der Waals surface area (Å²) < 4.78 is 9.94. The number of anilines is 1. The number of rotatable bonds is 7. The van der Waals surface area contributed by atoms with Crippen molar-refractivity contribution >= 4 is 11.8 Å². The van der Waals surface area contributed by atoms with Crippen LogP contribution in [0.15, 0.2) is 18.2 Å². The molecule has 0 radical (unpaired) electrons. The number of nitrogens with one attached hydrogen (secondary N) is 1. The molecule has 0 amide bonds. The smallest absolute Gasteiger partial charge is 0.376 e. The van der Waals surface area contributed by atoms with Gasteiger partial charge in [-0.15, -0.1) is 0 Å². The van der Waals surface area contributed by atoms with E-state index < -0.39 is 5.97 Å². The molecule has 1 N–H and O–H groups in total. The molecular weight excluding hydrogens is 246 g/mol. The Morgan fingerprint density at radius 1 is 1.47 bits per heavy atom. The van der Waals surface area contributed by atoms with Gasteiger partial charge in [0.25, 0.3) is 0 Å². The molecule has 0 aliphatic rings. The van der Waals surface area contributed by atoms with Gasteiger partial charge in [0.15, 0.2) is 0 Å². The van der Waals surface area contributed by atoms with Crippen molar-refractivity contribution in [2.45, 2.75) is 13.8 Å². The summed E-state index contributed by atoms with van der Waals surface area (Å²) in [6, 6.07) is 1.76. The standard InChI is InChI=1S/C13H19N3O3/c1-9(2)8-19-6-5-14-11-7-10(3)15-12(16-11)13(17)18-4/h7H,1,5-6,8H2,2-4H3,(H,14,15,16). The minimum absolute atomic E-state index is 0.0489. The first-order valence-electron chi connectivity index (χ1n) is 5.93. The summed E-state index contributed by atoms with van der Waals surface area (Å²) in [6.07, 6.45) is 0. The lowest BCUT2D eigenvalue weighted by molar-refractivity contribution is 0.0586. The van der Waals surface area contributed by atoms with Crippen LogP contribution in [0, 0.1) is 6.92 Å². The number of hydrogen-bond donors (Lipinski definition) is 1. The zero-order chi connectivity index (χ0) is 14.3. The molecule has 0 aliphatic heterocycles. The molecule has 0 unspecified atom stereocenters. The van der Waals surface area contributed by atoms with Crippen molar-refractivity contribution in [2.75, 3.05) is 32.2 Å². The molecule has 0 bridgehead atoms. The third-order valence-corrected chi connectivity index (χ3v) is 2.12. The van der Waals surface area contributed by atoms with E-state index in [1.807, 2.05) is 6.92 Å². The van der Waals surface area contributed by atoms with Crippen LogP contribution in [0.1, 0.15) is 23.2 Å². The predicted octanol–water partition coefficient (Wildman–Crippen LogP) is 1.58. The van der Waals surface area contributed by atoms with E-state index in [1.54, 1.807) is 13.0 Å². The van der Waals surface area contributed by atoms with E-state index in [-0.39, 0.29) is 5.82 Å². The highest BCUT2D eigenvalue weighted by Gasteiger charge is 2.11. The number of aromatic nitrogens is 2. The molecule has 0 spiro atoms. The molecule has 1 rings (SSSR count). The van der Waals surface area contributed by atoms with E-state index in [4.69, 9.17) is 4.74 Å². The molecule has 0 saturated heterocycles. The summed E-state index contributed by atoms with van der Waals surface area (Å²) in [5, 5.41) is 3.07. The summed E-state index contributed by atoms with van der Waals surface area (Å²) >= 11 is 0. The molecule has 19 heavy (non-hydrogen) atoms. The van der Waals surface area contributed by atoms with Crippen molar-refractivity contribution in [3.63, 3.8) is 0 Å². The van der Waals surface area contributed by atoms with Crippen molar-refractivity contribution in [3.8, 4) is 0 Å². The highest BCUT2D eigenvalue weighted by Crippen LogP contribution is 2.06. The maximum atomic E-state index is 11.4. The van der Waals surface area contributed by atoms with Crippen molar-refractivity contribution in [3.05, 3.63) is 29.7 Å². The average Bonchev–Trinajstić information content (AvgIpc) is 2.36. The van der Waals surface area contributed by atoms with Crippen LogP contribution in [-0.2, 0) is 9.47 Å². The van der Waals surface area contributed by atoms with Crippen LogP contribution in [0.2, 0.25) is 0 Å². The van der Waals surface area contributed by atoms with Crippen molar-refractivity contribution < 1.29 is 14.3 Å². The van der Waals surface area contributed by atoms with E-state index in [0.29, 0.717) is 31.3 Å². The Kier molecular flexibility index (Phi) is 5.95. The lowest BCUT2D eigenvalue weighted by Crippen LogP contribution is -2.14. The first-order chi connectivity index (χ1) is 9.02. The second-order valence-corrected chi connectivity index (χ2v) is 4.15. The number of nitrogens with zero attached hydrogens (tertiary/aromatic N) is 2. The van der Waals surface area contributed by atoms with Crippen LogP contribution in [0.25, 0.3) is 0 Å². The second-order valence-electron chi connectivity index (χ2n) is 4.15. The molecule has 0 aromatic carbocycles. The monoisotopic (exact) mass is 265 g/mol. The Labute approximate surface area is 112 Å². The van der Waals surface area contributed by atoms with Crippen LogP contribution in [-0.4, -0.2) is 42.8 Å². The minimum Gasteiger partial charge on any atom is -0.463 e. The normalized spacial score (nSPS) is 10.1. The first kappa shape index (κ1) is 15.1. The molecule has 0 saturated carbocycles. The maximum absolute atomic E-state index is 11.4. The fourth-order valence-electron chi connectivity index (χ4n) is 1.34. The molecule has 104 valence electrons. The minimum atomic E-state index is -0.551. The fraction of sp³-hybridized carbons (Fsp3) is 0.462. The van der Waals surface area contributed by atoms with Gasteiger partial charge in [0.1, 0.15) is 5.82 Å². The third kappa shape index (κ3) is 5.48. The largest absolute Gasteiger partial charge is 0.463 e. The number of esters is 1. The highest BCUT2D eigenvalue weighted by atomic mass is 16.5. The van der Waals surface area contributed by atoms with E-state index in [2.05, 4.69) is 26.6 Å². The van der Waals surface area contributed by atoms with Crippen molar-refractivity contribution in [1.29, 1.82) is 0 Å². The zero-order valence-electron chi connectivity index (χ0n) is 11.5. The predicted molar refractivity (Wildman–Crippen MR) is 72.2 cm³/mol. The van der Waals surface area contributed by atoms with Gasteiger partial charge in [-0.25, -0.2) is 14.8 Å². The van der Waals surface area contributed by atoms with Gasteiger partial charge in [-0.3, -0.25) is 0 Å². The SMILES string of the molecule is C=C(C)COCCNc1cc(C)nc(C(=O)OC)n1. The van der Waals surface area contributed by atoms with Gasteiger partial charge in [0, 0.05) is 18.3 Å². The topological polar surface area (TPSA) is 73.3 Å². The molecule has 0 fully saturated rings. The Balaban J connectivity index is 2.51. The maximum Gasteiger partial charge on any atom is 0.376 e. The molecule has 6 nitrogen and oxygen atoms in total. The van der Waals surface area contributed by atoms with E-state index in [1.165, 1.54) is 7.11 Å². The molecular formula is C13H19N3O3. The number of aryl methyl sites for hydroxylation is 1. The summed E-state index contributed by atoms with van der Waals surface area (Å²) in [5.74, 6) is 0.0740. The number of carbonyl (C=O) groups is 1. The third-order valence-electron chi connectivity index (χ3n) is 2.12. The zero-order valence-corrected chi connectivity index (χ0v) is 11.5. The van der Waals surface area contributed by atoms with Crippen molar-refractivity contribution in [2.24, 2.45) is 0 Å². The molecule has 1 aromatic rings. The van der Waals surface area contributed by atoms with E-state index in [9.17, 15) is 4.79 Å². The van der Waals surface area contributed by atoms with Crippen LogP contribution >= 0.6 is 0 Å². The number of carbonyl (C=O) groups excluding carboxylic acids is 1. The van der Waals surface area contributed by atoms with Gasteiger partial charge in [-0.1, -0.05) is 12.2 Å². The van der Waals surface area contributed by atoms with Gasteiger partial charge in [-0.2, -0.15) is 0 Å². The van der Waals surface area contributed by atoms with Crippen LogP contribution < -0.4 is 5.32 Å². The van der Waals surface area contributed by atoms with Gasteiger partial charge < -0.3 is 14.8 Å². The summed E-state index contributed by atoms with van der Waals surface area (Å²) in [7, 11) is 1.30. The van der Waals surface area contributed by atoms with Gasteiger partial charge in [0.2, 0.25) is 5.82 Å². The Bertz CT molecular complexity index is 460. The number of ether oxygens (including phenoxy) is 2. The van der Waals surface area contributed by atoms with Gasteiger partial charge in [0.05, 0.1) is 20.3 Å². The van der Waals surface area contributed by atoms with E-state index in [0.717, 1.165) is 5.57 Å². The summed E-state index contributed by atoms with van der Waals surface area (Å²) in [6.45, 7) is 9.10. The molecule has 0 aliphatic carbocycles. The Hall–Kier alpha value is -1.95. The first-order valence-corrected chi connectivity index (χ1v) is 5.93. The lowest BCUT2D eigenvalue weighted by atomic mass is 10.4. The number of hydrogen-bond acceptors (Lipinski definition) is 6. The van der Waals surface area contributed by atoms with Crippen LogP contribution in [0.3, 0.4) is 0 Å². The fourth-order valence-corrected chi connectivity index (χ4v) is 1.34. The molecule has 0 atom stereocenters. The molecule has 1 aromatic heterocycles. The van der Waals surface area contributed by atoms with Crippen LogP contribution in [0.4, 0.5) is 5.82 Å². The van der Waals surface area contributed by atoms with E-state index >= 15 is 0 Å². The highest BCUT2D eigenvalue weighted by molar-refractivity contribution is 5.85. The summed E-state index contributed by atoms with van der Waals surface area (Å²) in [4.78, 5) is 19.4. The lowest BCUT2D eigenvalue weighted by Gasteiger charge is -2.08. The summed E-state index contributed by atoms with van der Waals surface area (Å²) in [5.41, 5.74) is 1.67. The van der Waals surface area contributed by atoms with Crippen LogP contribution in [0.5, 0.6) is 0 Å². The van der Waals surface area contributed by atoms with Gasteiger partial charge in [-0.05, 0) is 13.8 Å². The molecule has 6 heteroatoms.